The highest BCUT2D eigenvalue weighted by Gasteiger charge is 2.22. The number of hydrogen-bond donors (Lipinski definition) is 4. The minimum absolute atomic E-state index is 0.380. The van der Waals surface area contributed by atoms with Crippen molar-refractivity contribution in [3.63, 3.8) is 0 Å². The molecule has 5 heteroatoms. The number of nitrogens with one attached hydrogen (secondary N) is 1. The lowest BCUT2D eigenvalue weighted by molar-refractivity contribution is -0.131. The minimum Gasteiger partial charge on any atom is -0.394 e. The second kappa shape index (κ2) is 32.5. The smallest absolute Gasteiger partial charge is 0.249 e. The lowest BCUT2D eigenvalue weighted by atomic mass is 10.0. The van der Waals surface area contributed by atoms with E-state index in [1.165, 1.54) is 96.3 Å². The van der Waals surface area contributed by atoms with E-state index in [2.05, 4.69) is 43.5 Å². The van der Waals surface area contributed by atoms with Crippen molar-refractivity contribution in [3.8, 4) is 0 Å². The molecule has 0 aliphatic rings. The van der Waals surface area contributed by atoms with Gasteiger partial charge < -0.3 is 20.6 Å². The van der Waals surface area contributed by atoms with Crippen LogP contribution in [-0.4, -0.2) is 46.1 Å². The number of carbonyl (C=O) groups excluding carboxylic acids is 1. The largest absolute Gasteiger partial charge is 0.394 e. The number of unbranched alkanes of at least 4 members (excludes halogenated alkanes) is 19. The third kappa shape index (κ3) is 27.4. The fraction of sp³-hybridized carbons (Fsp3) is 0.811. The maximum Gasteiger partial charge on any atom is 0.249 e. The summed E-state index contributed by atoms with van der Waals surface area (Å²) in [7, 11) is 0. The molecule has 42 heavy (non-hydrogen) atoms. The summed E-state index contributed by atoms with van der Waals surface area (Å²) in [6.45, 7) is 4.07. The average molecular weight is 592 g/mol. The van der Waals surface area contributed by atoms with Crippen LogP contribution in [0.1, 0.15) is 168 Å². The van der Waals surface area contributed by atoms with Crippen LogP contribution in [-0.2, 0) is 4.79 Å². The Morgan fingerprint density at radius 3 is 1.40 bits per heavy atom. The van der Waals surface area contributed by atoms with E-state index in [-0.39, 0.29) is 6.61 Å². The fourth-order valence-electron chi connectivity index (χ4n) is 5.10. The van der Waals surface area contributed by atoms with Gasteiger partial charge >= 0.3 is 0 Å². The molecule has 0 aliphatic heterocycles. The standard InChI is InChI=1S/C37H69NO4/c1-3-5-7-9-11-13-15-16-17-18-19-20-22-24-26-28-30-32-36(41)37(42)38-34(33-39)35(40)31-29-27-25-23-21-14-12-10-8-6-4-2/h8,10,21,23,29,31,34-36,39-41H,3-7,9,11-20,22,24-28,30,32-33H2,1-2H3,(H,38,42)/b10-8+,23-21+,31-29+. The SMILES string of the molecule is CCC/C=C/CC/C=C/CC/C=C/C(O)C(CO)NC(=O)C(O)CCCCCCCCCCCCCCCCCCC. The van der Waals surface area contributed by atoms with Gasteiger partial charge in [0.2, 0.25) is 5.91 Å². The van der Waals surface area contributed by atoms with Gasteiger partial charge in [0.05, 0.1) is 18.8 Å². The molecule has 0 aromatic carbocycles. The van der Waals surface area contributed by atoms with E-state index in [4.69, 9.17) is 0 Å². The van der Waals surface area contributed by atoms with Gasteiger partial charge in [-0.1, -0.05) is 166 Å². The van der Waals surface area contributed by atoms with Crippen LogP contribution >= 0.6 is 0 Å². The third-order valence-corrected chi connectivity index (χ3v) is 7.94. The van der Waals surface area contributed by atoms with Gasteiger partial charge in [-0.2, -0.15) is 0 Å². The molecule has 3 atom stereocenters. The molecule has 0 bridgehead atoms. The highest BCUT2D eigenvalue weighted by molar-refractivity contribution is 5.80. The van der Waals surface area contributed by atoms with E-state index in [9.17, 15) is 20.1 Å². The molecule has 0 fully saturated rings. The molecular formula is C37H69NO4. The topological polar surface area (TPSA) is 89.8 Å². The summed E-state index contributed by atoms with van der Waals surface area (Å²) in [4.78, 5) is 12.4. The Bertz CT molecular complexity index is 660. The van der Waals surface area contributed by atoms with Crippen molar-refractivity contribution in [3.05, 3.63) is 36.5 Å². The zero-order valence-electron chi connectivity index (χ0n) is 27.6. The van der Waals surface area contributed by atoms with Crippen molar-refractivity contribution in [2.45, 2.75) is 186 Å². The molecule has 0 aromatic rings. The van der Waals surface area contributed by atoms with Gasteiger partial charge in [0.25, 0.3) is 0 Å². The molecule has 3 unspecified atom stereocenters. The van der Waals surface area contributed by atoms with E-state index >= 15 is 0 Å². The van der Waals surface area contributed by atoms with Crippen LogP contribution in [0.25, 0.3) is 0 Å². The van der Waals surface area contributed by atoms with Gasteiger partial charge in [0.15, 0.2) is 0 Å². The van der Waals surface area contributed by atoms with Crippen LogP contribution in [0.3, 0.4) is 0 Å². The Morgan fingerprint density at radius 2 is 0.976 bits per heavy atom. The van der Waals surface area contributed by atoms with Gasteiger partial charge in [0, 0.05) is 0 Å². The van der Waals surface area contributed by atoms with E-state index in [1.807, 2.05) is 6.08 Å². The maximum atomic E-state index is 12.4. The number of amides is 1. The Labute approximate surface area is 260 Å². The van der Waals surface area contributed by atoms with Crippen molar-refractivity contribution in [2.24, 2.45) is 0 Å². The van der Waals surface area contributed by atoms with Crippen molar-refractivity contribution in [1.82, 2.24) is 5.32 Å². The molecule has 1 amide bonds. The predicted octanol–water partition coefficient (Wildman–Crippen LogP) is 9.26. The lowest BCUT2D eigenvalue weighted by Gasteiger charge is -2.21. The molecule has 0 aliphatic carbocycles. The summed E-state index contributed by atoms with van der Waals surface area (Å²) in [6, 6.07) is -0.815. The zero-order chi connectivity index (χ0) is 30.9. The molecule has 0 spiro atoms. The van der Waals surface area contributed by atoms with Gasteiger partial charge in [-0.15, -0.1) is 0 Å². The van der Waals surface area contributed by atoms with Crippen molar-refractivity contribution >= 4 is 5.91 Å². The monoisotopic (exact) mass is 592 g/mol. The number of aliphatic hydroxyl groups is 3. The lowest BCUT2D eigenvalue weighted by Crippen LogP contribution is -2.48. The van der Waals surface area contributed by atoms with Gasteiger partial charge in [0.1, 0.15) is 6.10 Å². The molecule has 0 radical (unpaired) electrons. The normalized spacial score (nSPS) is 14.3. The first-order valence-corrected chi connectivity index (χ1v) is 17.8. The molecular weight excluding hydrogens is 522 g/mol. The van der Waals surface area contributed by atoms with Crippen LogP contribution in [0, 0.1) is 0 Å². The Hall–Kier alpha value is -1.43. The molecule has 0 saturated heterocycles. The summed E-state index contributed by atoms with van der Waals surface area (Å²) in [5, 5.41) is 32.8. The summed E-state index contributed by atoms with van der Waals surface area (Å²) in [6.07, 6.45) is 38.8. The van der Waals surface area contributed by atoms with E-state index < -0.39 is 24.2 Å². The van der Waals surface area contributed by atoms with Gasteiger partial charge in [-0.3, -0.25) is 4.79 Å². The molecule has 0 aromatic heterocycles. The van der Waals surface area contributed by atoms with Crippen molar-refractivity contribution in [1.29, 1.82) is 0 Å². The predicted molar refractivity (Wildman–Crippen MR) is 181 cm³/mol. The molecule has 5 nitrogen and oxygen atoms in total. The summed E-state index contributed by atoms with van der Waals surface area (Å²) >= 11 is 0. The van der Waals surface area contributed by atoms with Crippen LogP contribution < -0.4 is 5.32 Å². The Kier molecular flexibility index (Phi) is 31.4. The highest BCUT2D eigenvalue weighted by Crippen LogP contribution is 2.15. The van der Waals surface area contributed by atoms with E-state index in [0.29, 0.717) is 6.42 Å². The zero-order valence-corrected chi connectivity index (χ0v) is 27.6. The molecule has 0 saturated carbocycles. The number of allylic oxidation sites excluding steroid dienone is 5. The van der Waals surface area contributed by atoms with Gasteiger partial charge in [-0.05, 0) is 38.5 Å². The number of rotatable bonds is 31. The fourth-order valence-corrected chi connectivity index (χ4v) is 5.10. The minimum atomic E-state index is -1.10. The highest BCUT2D eigenvalue weighted by atomic mass is 16.3. The number of carbonyl (C=O) groups is 1. The maximum absolute atomic E-state index is 12.4. The van der Waals surface area contributed by atoms with Crippen molar-refractivity contribution < 1.29 is 20.1 Å². The van der Waals surface area contributed by atoms with Crippen molar-refractivity contribution in [2.75, 3.05) is 6.61 Å². The average Bonchev–Trinajstić information content (AvgIpc) is 2.99. The van der Waals surface area contributed by atoms with Crippen LogP contribution in [0.4, 0.5) is 0 Å². The summed E-state index contributed by atoms with van der Waals surface area (Å²) in [5.74, 6) is -0.520. The van der Waals surface area contributed by atoms with Crippen LogP contribution in [0.15, 0.2) is 36.5 Å². The first-order chi connectivity index (χ1) is 20.6. The van der Waals surface area contributed by atoms with Gasteiger partial charge in [-0.25, -0.2) is 0 Å². The van der Waals surface area contributed by atoms with E-state index in [0.717, 1.165) is 51.4 Å². The molecule has 0 rings (SSSR count). The Balaban J connectivity index is 3.76. The number of aliphatic hydroxyl groups excluding tert-OH is 3. The number of hydrogen-bond acceptors (Lipinski definition) is 4. The Morgan fingerprint density at radius 1 is 0.571 bits per heavy atom. The first-order valence-electron chi connectivity index (χ1n) is 17.8. The quantitative estimate of drug-likeness (QED) is 0.0478. The third-order valence-electron chi connectivity index (χ3n) is 7.94. The van der Waals surface area contributed by atoms with Crippen LogP contribution in [0.2, 0.25) is 0 Å². The summed E-state index contributed by atoms with van der Waals surface area (Å²) in [5.41, 5.74) is 0. The second-order valence-electron chi connectivity index (χ2n) is 12.1. The second-order valence-corrected chi connectivity index (χ2v) is 12.1. The summed E-state index contributed by atoms with van der Waals surface area (Å²) < 4.78 is 0. The van der Waals surface area contributed by atoms with E-state index in [1.54, 1.807) is 6.08 Å². The molecule has 0 heterocycles. The first kappa shape index (κ1) is 40.6. The van der Waals surface area contributed by atoms with Crippen LogP contribution in [0.5, 0.6) is 0 Å². The molecule has 4 N–H and O–H groups in total. The molecule has 246 valence electrons.